The fourth-order valence-corrected chi connectivity index (χ4v) is 2.48. The third kappa shape index (κ3) is 3.41. The summed E-state index contributed by atoms with van der Waals surface area (Å²) in [6, 6.07) is 13.9. The molecule has 0 heterocycles. The molecule has 0 fully saturated rings. The van der Waals surface area contributed by atoms with Crippen LogP contribution in [0.2, 0.25) is 0 Å². The highest BCUT2D eigenvalue weighted by Gasteiger charge is 2.10. The second-order valence-corrected chi connectivity index (χ2v) is 5.75. The zero-order valence-corrected chi connectivity index (χ0v) is 11.7. The maximum Gasteiger partial charge on any atom is 0.128 e. The van der Waals surface area contributed by atoms with Crippen molar-refractivity contribution < 1.29 is 8.60 Å². The monoisotopic (exact) mass is 277 g/mol. The Morgan fingerprint density at radius 3 is 2.58 bits per heavy atom. The van der Waals surface area contributed by atoms with Gasteiger partial charge in [-0.05, 0) is 31.2 Å². The van der Waals surface area contributed by atoms with Crippen molar-refractivity contribution in [3.05, 3.63) is 59.9 Å². The average Bonchev–Trinajstić information content (AvgIpc) is 2.39. The van der Waals surface area contributed by atoms with Gasteiger partial charge in [0.2, 0.25) is 0 Å². The van der Waals surface area contributed by atoms with E-state index >= 15 is 0 Å². The van der Waals surface area contributed by atoms with Crippen LogP contribution in [-0.2, 0) is 10.8 Å². The van der Waals surface area contributed by atoms with Crippen molar-refractivity contribution in [3.63, 3.8) is 0 Å². The van der Waals surface area contributed by atoms with Gasteiger partial charge in [-0.2, -0.15) is 0 Å². The molecule has 0 amide bonds. The summed E-state index contributed by atoms with van der Waals surface area (Å²) in [5.74, 6) is -0.224. The summed E-state index contributed by atoms with van der Waals surface area (Å²) in [5, 5.41) is 3.22. The first-order valence-electron chi connectivity index (χ1n) is 6.02. The second-order valence-electron chi connectivity index (χ2n) is 4.37. The van der Waals surface area contributed by atoms with Gasteiger partial charge in [-0.3, -0.25) is 4.21 Å². The molecule has 0 unspecified atom stereocenters. The Morgan fingerprint density at radius 1 is 1.16 bits per heavy atom. The van der Waals surface area contributed by atoms with E-state index < -0.39 is 10.8 Å². The zero-order valence-electron chi connectivity index (χ0n) is 10.9. The van der Waals surface area contributed by atoms with E-state index in [1.54, 1.807) is 18.4 Å². The fourth-order valence-electron chi connectivity index (χ4n) is 1.92. The number of anilines is 1. The highest BCUT2D eigenvalue weighted by atomic mass is 32.2. The normalized spacial score (nSPS) is 13.8. The number of benzene rings is 2. The van der Waals surface area contributed by atoms with Crippen LogP contribution in [0.3, 0.4) is 0 Å². The molecule has 2 aromatic carbocycles. The number of hydrogen-bond donors (Lipinski definition) is 1. The molecule has 1 N–H and O–H groups in total. The van der Waals surface area contributed by atoms with E-state index in [1.165, 1.54) is 6.07 Å². The zero-order chi connectivity index (χ0) is 13.8. The molecule has 0 bridgehead atoms. The van der Waals surface area contributed by atoms with Gasteiger partial charge in [0.05, 0.1) is 6.04 Å². The Morgan fingerprint density at radius 2 is 1.89 bits per heavy atom. The number of rotatable bonds is 4. The van der Waals surface area contributed by atoms with Crippen LogP contribution in [0.5, 0.6) is 0 Å². The molecule has 2 atom stereocenters. The highest BCUT2D eigenvalue weighted by molar-refractivity contribution is 7.84. The summed E-state index contributed by atoms with van der Waals surface area (Å²) < 4.78 is 25.1. The third-order valence-corrected chi connectivity index (χ3v) is 3.84. The van der Waals surface area contributed by atoms with Gasteiger partial charge in [0.1, 0.15) is 5.82 Å². The molecule has 0 spiro atoms. The molecule has 2 rings (SSSR count). The van der Waals surface area contributed by atoms with E-state index in [2.05, 4.69) is 5.32 Å². The van der Waals surface area contributed by atoms with Crippen LogP contribution in [-0.4, -0.2) is 10.5 Å². The molecular weight excluding hydrogens is 261 g/mol. The molecule has 0 saturated heterocycles. The summed E-state index contributed by atoms with van der Waals surface area (Å²) in [6.07, 6.45) is 1.64. The smallest absolute Gasteiger partial charge is 0.128 e. The predicted octanol–water partition coefficient (Wildman–Crippen LogP) is 3.74. The van der Waals surface area contributed by atoms with E-state index in [1.807, 2.05) is 37.3 Å². The first-order chi connectivity index (χ1) is 9.08. The first kappa shape index (κ1) is 13.7. The first-order valence-corrected chi connectivity index (χ1v) is 7.58. The van der Waals surface area contributed by atoms with E-state index in [4.69, 9.17) is 0 Å². The lowest BCUT2D eigenvalue weighted by atomic mass is 10.1. The molecule has 2 aromatic rings. The Balaban J connectivity index is 2.19. The summed E-state index contributed by atoms with van der Waals surface area (Å²) in [6.45, 7) is 1.90. The lowest BCUT2D eigenvalue weighted by molar-refractivity contribution is 0.600. The van der Waals surface area contributed by atoms with Gasteiger partial charge in [0.15, 0.2) is 0 Å². The van der Waals surface area contributed by atoms with Gasteiger partial charge >= 0.3 is 0 Å². The Kier molecular flexibility index (Phi) is 4.32. The summed E-state index contributed by atoms with van der Waals surface area (Å²) in [5.41, 5.74) is 1.45. The summed E-state index contributed by atoms with van der Waals surface area (Å²) in [7, 11) is -1.02. The van der Waals surface area contributed by atoms with Crippen LogP contribution in [0.4, 0.5) is 10.1 Å². The van der Waals surface area contributed by atoms with Gasteiger partial charge in [-0.15, -0.1) is 0 Å². The summed E-state index contributed by atoms with van der Waals surface area (Å²) in [4.78, 5) is 0.755. The van der Waals surface area contributed by atoms with Crippen LogP contribution in [0.25, 0.3) is 0 Å². The van der Waals surface area contributed by atoms with Gasteiger partial charge in [0.25, 0.3) is 0 Å². The van der Waals surface area contributed by atoms with E-state index in [9.17, 15) is 8.60 Å². The lowest BCUT2D eigenvalue weighted by Gasteiger charge is -2.16. The number of halogens is 1. The maximum absolute atomic E-state index is 13.7. The van der Waals surface area contributed by atoms with Crippen molar-refractivity contribution in [2.24, 2.45) is 0 Å². The minimum absolute atomic E-state index is 0.151. The van der Waals surface area contributed by atoms with Crippen LogP contribution >= 0.6 is 0 Å². The molecule has 0 aromatic heterocycles. The van der Waals surface area contributed by atoms with Gasteiger partial charge in [0, 0.05) is 33.2 Å². The predicted molar refractivity (Wildman–Crippen MR) is 77.2 cm³/mol. The van der Waals surface area contributed by atoms with E-state index in [0.717, 1.165) is 10.6 Å². The Labute approximate surface area is 115 Å². The molecule has 2 nitrogen and oxygen atoms in total. The van der Waals surface area contributed by atoms with E-state index in [0.29, 0.717) is 5.56 Å². The molecule has 0 aliphatic heterocycles. The average molecular weight is 277 g/mol. The minimum Gasteiger partial charge on any atom is -0.378 e. The topological polar surface area (TPSA) is 29.1 Å². The molecule has 0 aliphatic carbocycles. The Hall–Kier alpha value is -1.68. The van der Waals surface area contributed by atoms with Gasteiger partial charge in [-0.1, -0.05) is 24.3 Å². The van der Waals surface area contributed by atoms with Crippen LogP contribution in [0, 0.1) is 5.82 Å². The molecule has 4 heteroatoms. The minimum atomic E-state index is -1.02. The van der Waals surface area contributed by atoms with Crippen molar-refractivity contribution in [1.82, 2.24) is 0 Å². The van der Waals surface area contributed by atoms with Crippen LogP contribution in [0.1, 0.15) is 18.5 Å². The molecule has 0 saturated carbocycles. The quantitative estimate of drug-likeness (QED) is 0.922. The van der Waals surface area contributed by atoms with E-state index in [-0.39, 0.29) is 11.9 Å². The number of nitrogens with one attached hydrogen (secondary N) is 1. The van der Waals surface area contributed by atoms with Crippen molar-refractivity contribution in [2.75, 3.05) is 11.6 Å². The fraction of sp³-hybridized carbons (Fsp3) is 0.200. The highest BCUT2D eigenvalue weighted by Crippen LogP contribution is 2.22. The molecule has 0 aliphatic rings. The maximum atomic E-state index is 13.7. The third-order valence-electron chi connectivity index (χ3n) is 2.92. The molecule has 19 heavy (non-hydrogen) atoms. The summed E-state index contributed by atoms with van der Waals surface area (Å²) >= 11 is 0. The van der Waals surface area contributed by atoms with Gasteiger partial charge < -0.3 is 5.32 Å². The van der Waals surface area contributed by atoms with Crippen LogP contribution < -0.4 is 5.32 Å². The number of hydrogen-bond acceptors (Lipinski definition) is 2. The van der Waals surface area contributed by atoms with Crippen molar-refractivity contribution in [2.45, 2.75) is 17.9 Å². The van der Waals surface area contributed by atoms with Crippen molar-refractivity contribution in [3.8, 4) is 0 Å². The molecule has 0 radical (unpaired) electrons. The SMILES string of the molecule is C[C@H](Nc1cccc([S@](C)=O)c1)c1ccccc1F. The molecular formula is C15H16FNOS. The van der Waals surface area contributed by atoms with Crippen LogP contribution in [0.15, 0.2) is 53.4 Å². The lowest BCUT2D eigenvalue weighted by Crippen LogP contribution is -2.08. The van der Waals surface area contributed by atoms with Crippen molar-refractivity contribution >= 4 is 16.5 Å². The second kappa shape index (κ2) is 5.97. The standard InChI is InChI=1S/C15H16FNOS/c1-11(14-8-3-4-9-15(14)16)17-12-6-5-7-13(10-12)19(2)18/h3-11,17H,1-2H3/t11-,19-/m0/s1. The largest absolute Gasteiger partial charge is 0.378 e. The molecule has 100 valence electrons. The van der Waals surface area contributed by atoms with Gasteiger partial charge in [-0.25, -0.2) is 4.39 Å². The van der Waals surface area contributed by atoms with Crippen molar-refractivity contribution in [1.29, 1.82) is 0 Å². The Bertz CT molecular complexity index is 600.